The molecule has 0 radical (unpaired) electrons. The SMILES string of the molecule is N#CC1CN(c2cccc(F)c2N)CCO1. The van der Waals surface area contributed by atoms with Crippen LogP contribution in [0.4, 0.5) is 15.8 Å². The van der Waals surface area contributed by atoms with Crippen molar-refractivity contribution < 1.29 is 9.13 Å². The maximum absolute atomic E-state index is 13.3. The largest absolute Gasteiger partial charge is 0.395 e. The third-order valence-corrected chi connectivity index (χ3v) is 2.58. The second-order valence-electron chi connectivity index (χ2n) is 3.61. The minimum Gasteiger partial charge on any atom is -0.395 e. The van der Waals surface area contributed by atoms with Gasteiger partial charge in [0.15, 0.2) is 6.10 Å². The Bertz CT molecular complexity index is 430. The van der Waals surface area contributed by atoms with Gasteiger partial charge in [0.1, 0.15) is 5.82 Å². The summed E-state index contributed by atoms with van der Waals surface area (Å²) in [5, 5.41) is 8.77. The van der Waals surface area contributed by atoms with E-state index >= 15 is 0 Å². The number of rotatable bonds is 1. The van der Waals surface area contributed by atoms with Crippen molar-refractivity contribution in [2.24, 2.45) is 0 Å². The Labute approximate surface area is 93.0 Å². The zero-order valence-corrected chi connectivity index (χ0v) is 8.69. The first-order valence-corrected chi connectivity index (χ1v) is 5.02. The van der Waals surface area contributed by atoms with Crippen LogP contribution >= 0.6 is 0 Å². The third-order valence-electron chi connectivity index (χ3n) is 2.58. The Hall–Kier alpha value is -1.80. The monoisotopic (exact) mass is 221 g/mol. The minimum atomic E-state index is -0.476. The number of para-hydroxylation sites is 1. The van der Waals surface area contributed by atoms with Crippen molar-refractivity contribution >= 4 is 11.4 Å². The number of hydrogen-bond acceptors (Lipinski definition) is 4. The molecule has 16 heavy (non-hydrogen) atoms. The Kier molecular flexibility index (Phi) is 2.93. The summed E-state index contributed by atoms with van der Waals surface area (Å²) in [6.07, 6.45) is -0.476. The fraction of sp³-hybridized carbons (Fsp3) is 0.364. The summed E-state index contributed by atoms with van der Waals surface area (Å²) in [5.41, 5.74) is 6.41. The van der Waals surface area contributed by atoms with Gasteiger partial charge in [-0.2, -0.15) is 5.26 Å². The topological polar surface area (TPSA) is 62.3 Å². The third kappa shape index (κ3) is 1.92. The van der Waals surface area contributed by atoms with Crippen LogP contribution in [-0.2, 0) is 4.74 Å². The number of benzene rings is 1. The molecule has 0 aromatic heterocycles. The van der Waals surface area contributed by atoms with Gasteiger partial charge in [-0.1, -0.05) is 6.07 Å². The van der Waals surface area contributed by atoms with E-state index in [1.54, 1.807) is 12.1 Å². The zero-order chi connectivity index (χ0) is 11.5. The lowest BCUT2D eigenvalue weighted by atomic mass is 10.2. The van der Waals surface area contributed by atoms with E-state index in [1.807, 2.05) is 11.0 Å². The Balaban J connectivity index is 2.24. The normalized spacial score (nSPS) is 20.5. The number of anilines is 2. The Morgan fingerprint density at radius 1 is 1.56 bits per heavy atom. The smallest absolute Gasteiger partial charge is 0.161 e. The first-order chi connectivity index (χ1) is 7.72. The predicted molar refractivity (Wildman–Crippen MR) is 58.4 cm³/mol. The van der Waals surface area contributed by atoms with Crippen molar-refractivity contribution in [1.82, 2.24) is 0 Å². The van der Waals surface area contributed by atoms with Gasteiger partial charge in [-0.15, -0.1) is 0 Å². The van der Waals surface area contributed by atoms with Crippen LogP contribution in [0.2, 0.25) is 0 Å². The lowest BCUT2D eigenvalue weighted by Gasteiger charge is -2.32. The van der Waals surface area contributed by atoms with Crippen LogP contribution < -0.4 is 10.6 Å². The van der Waals surface area contributed by atoms with Gasteiger partial charge in [-0.25, -0.2) is 4.39 Å². The molecule has 1 atom stereocenters. The van der Waals surface area contributed by atoms with Crippen LogP contribution in [0.25, 0.3) is 0 Å². The molecule has 1 aliphatic rings. The molecule has 1 fully saturated rings. The number of nitrogens with two attached hydrogens (primary N) is 1. The van der Waals surface area contributed by atoms with E-state index in [-0.39, 0.29) is 5.69 Å². The van der Waals surface area contributed by atoms with Crippen LogP contribution in [0, 0.1) is 17.1 Å². The van der Waals surface area contributed by atoms with Crippen molar-refractivity contribution in [2.45, 2.75) is 6.10 Å². The molecular formula is C11H12FN3O. The van der Waals surface area contributed by atoms with Gasteiger partial charge >= 0.3 is 0 Å². The molecule has 0 amide bonds. The highest BCUT2D eigenvalue weighted by atomic mass is 19.1. The first kappa shape index (κ1) is 10.7. The lowest BCUT2D eigenvalue weighted by molar-refractivity contribution is 0.0765. The summed E-state index contributed by atoms with van der Waals surface area (Å²) in [6.45, 7) is 1.49. The molecule has 1 unspecified atom stereocenters. The van der Waals surface area contributed by atoms with E-state index in [0.717, 1.165) is 0 Å². The lowest BCUT2D eigenvalue weighted by Crippen LogP contribution is -2.42. The molecule has 0 aliphatic carbocycles. The van der Waals surface area contributed by atoms with Crippen molar-refractivity contribution in [3.05, 3.63) is 24.0 Å². The van der Waals surface area contributed by atoms with Crippen LogP contribution in [0.5, 0.6) is 0 Å². The molecule has 1 saturated heterocycles. The molecule has 1 aromatic carbocycles. The van der Waals surface area contributed by atoms with Crippen LogP contribution in [0.1, 0.15) is 0 Å². The molecule has 5 heteroatoms. The van der Waals surface area contributed by atoms with Gasteiger partial charge < -0.3 is 15.4 Å². The number of hydrogen-bond donors (Lipinski definition) is 1. The molecule has 1 heterocycles. The average molecular weight is 221 g/mol. The zero-order valence-electron chi connectivity index (χ0n) is 8.69. The molecule has 0 spiro atoms. The fourth-order valence-corrected chi connectivity index (χ4v) is 1.75. The van der Waals surface area contributed by atoms with E-state index in [4.69, 9.17) is 15.7 Å². The Morgan fingerprint density at radius 2 is 2.38 bits per heavy atom. The summed E-state index contributed by atoms with van der Waals surface area (Å²) < 4.78 is 18.5. The van der Waals surface area contributed by atoms with Crippen LogP contribution in [0.3, 0.4) is 0 Å². The summed E-state index contributed by atoms with van der Waals surface area (Å²) in [5.74, 6) is -0.433. The molecular weight excluding hydrogens is 209 g/mol. The van der Waals surface area contributed by atoms with Gasteiger partial charge in [0, 0.05) is 6.54 Å². The molecule has 0 bridgehead atoms. The summed E-state index contributed by atoms with van der Waals surface area (Å²) in [7, 11) is 0. The van der Waals surface area contributed by atoms with Crippen LogP contribution in [0.15, 0.2) is 18.2 Å². The number of ether oxygens (including phenoxy) is 1. The van der Waals surface area contributed by atoms with E-state index < -0.39 is 11.9 Å². The molecule has 84 valence electrons. The second-order valence-corrected chi connectivity index (χ2v) is 3.61. The minimum absolute atomic E-state index is 0.126. The van der Waals surface area contributed by atoms with Crippen molar-refractivity contribution in [3.63, 3.8) is 0 Å². The summed E-state index contributed by atoms with van der Waals surface area (Å²) in [6, 6.07) is 6.72. The van der Waals surface area contributed by atoms with Gasteiger partial charge in [0.05, 0.1) is 30.6 Å². The summed E-state index contributed by atoms with van der Waals surface area (Å²) >= 11 is 0. The number of nitriles is 1. The van der Waals surface area contributed by atoms with E-state index in [0.29, 0.717) is 25.4 Å². The second kappa shape index (κ2) is 4.37. The van der Waals surface area contributed by atoms with Gasteiger partial charge in [-0.3, -0.25) is 0 Å². The molecule has 1 aromatic rings. The maximum atomic E-state index is 13.3. The van der Waals surface area contributed by atoms with E-state index in [1.165, 1.54) is 6.07 Å². The standard InChI is InChI=1S/C11H12FN3O/c12-9-2-1-3-10(11(9)14)15-4-5-16-8(6-13)7-15/h1-3,8H,4-5,7,14H2. The number of nitrogens with zero attached hydrogens (tertiary/aromatic N) is 2. The van der Waals surface area contributed by atoms with Gasteiger partial charge in [0.25, 0.3) is 0 Å². The average Bonchev–Trinajstić information content (AvgIpc) is 2.33. The van der Waals surface area contributed by atoms with Crippen molar-refractivity contribution in [3.8, 4) is 6.07 Å². The van der Waals surface area contributed by atoms with Gasteiger partial charge in [-0.05, 0) is 12.1 Å². The molecule has 2 N–H and O–H groups in total. The highest BCUT2D eigenvalue weighted by Crippen LogP contribution is 2.26. The number of halogens is 1. The molecule has 0 saturated carbocycles. The number of nitrogen functional groups attached to an aromatic ring is 1. The highest BCUT2D eigenvalue weighted by Gasteiger charge is 2.22. The van der Waals surface area contributed by atoms with Crippen molar-refractivity contribution in [2.75, 3.05) is 30.3 Å². The maximum Gasteiger partial charge on any atom is 0.161 e. The quantitative estimate of drug-likeness (QED) is 0.722. The molecule has 1 aliphatic heterocycles. The Morgan fingerprint density at radius 3 is 3.12 bits per heavy atom. The van der Waals surface area contributed by atoms with Gasteiger partial charge in [0.2, 0.25) is 0 Å². The van der Waals surface area contributed by atoms with E-state index in [2.05, 4.69) is 0 Å². The predicted octanol–water partition coefficient (Wildman–Crippen LogP) is 1.14. The number of morpholine rings is 1. The fourth-order valence-electron chi connectivity index (χ4n) is 1.75. The molecule has 4 nitrogen and oxygen atoms in total. The first-order valence-electron chi connectivity index (χ1n) is 5.02. The van der Waals surface area contributed by atoms with Crippen molar-refractivity contribution in [1.29, 1.82) is 5.26 Å². The van der Waals surface area contributed by atoms with E-state index in [9.17, 15) is 4.39 Å². The summed E-state index contributed by atoms with van der Waals surface area (Å²) in [4.78, 5) is 1.87. The highest BCUT2D eigenvalue weighted by molar-refractivity contribution is 5.68. The van der Waals surface area contributed by atoms with Crippen LogP contribution in [-0.4, -0.2) is 25.8 Å². The molecule has 2 rings (SSSR count).